The summed E-state index contributed by atoms with van der Waals surface area (Å²) >= 11 is 0. The van der Waals surface area contributed by atoms with Crippen molar-refractivity contribution >= 4 is 23.6 Å². The van der Waals surface area contributed by atoms with Gasteiger partial charge in [0.1, 0.15) is 17.5 Å². The molecule has 1 unspecified atom stereocenters. The molecule has 244 valence electrons. The summed E-state index contributed by atoms with van der Waals surface area (Å²) in [5.74, 6) is 0.193. The lowest BCUT2D eigenvalue weighted by Gasteiger charge is -2.30. The number of amides is 4. The lowest BCUT2D eigenvalue weighted by atomic mass is 10.0. The van der Waals surface area contributed by atoms with Gasteiger partial charge in [0.25, 0.3) is 5.91 Å². The van der Waals surface area contributed by atoms with Crippen LogP contribution < -0.4 is 35.5 Å². The van der Waals surface area contributed by atoms with Crippen LogP contribution in [-0.2, 0) is 20.9 Å². The zero-order valence-corrected chi connectivity index (χ0v) is 26.6. The lowest BCUT2D eigenvalue weighted by Crippen LogP contribution is -2.55. The van der Waals surface area contributed by atoms with E-state index in [-0.39, 0.29) is 42.8 Å². The third kappa shape index (κ3) is 8.87. The minimum Gasteiger partial charge on any atom is -0.496 e. The molecule has 2 aromatic rings. The van der Waals surface area contributed by atoms with Crippen molar-refractivity contribution in [1.29, 1.82) is 0 Å². The van der Waals surface area contributed by atoms with E-state index >= 15 is 0 Å². The van der Waals surface area contributed by atoms with Crippen molar-refractivity contribution in [2.45, 2.75) is 64.6 Å². The van der Waals surface area contributed by atoms with E-state index in [0.717, 1.165) is 19.4 Å². The third-order valence-electron chi connectivity index (χ3n) is 8.06. The van der Waals surface area contributed by atoms with E-state index in [1.165, 1.54) is 14.2 Å². The van der Waals surface area contributed by atoms with Gasteiger partial charge in [0.2, 0.25) is 17.7 Å². The van der Waals surface area contributed by atoms with Gasteiger partial charge in [0.05, 0.1) is 38.9 Å². The summed E-state index contributed by atoms with van der Waals surface area (Å²) in [5.41, 5.74) is 0.944. The summed E-state index contributed by atoms with van der Waals surface area (Å²) < 4.78 is 17.3. The molecule has 0 radical (unpaired) electrons. The van der Waals surface area contributed by atoms with Gasteiger partial charge in [0, 0.05) is 18.7 Å². The molecular formula is C33H45N5O7. The standard InChI is InChI=1S/C33H45N5O7/c1-21(2)30-32(41)36-19-23-25(43-3)11-9-12-26(23)45-28-18-22(13-14-27(28)44-4)31(40)35-16-7-8-17-38(20-29(39)37-30)33(42)24-10-5-6-15-34-24/h9,11-14,18,21,24,30,34H,5-8,10,15-17,19-20H2,1-4H3,(H,35,40)(H,36,41)(H,37,39)/t24-,30?/m0/s1. The summed E-state index contributed by atoms with van der Waals surface area (Å²) in [7, 11) is 3.03. The number of carbonyl (C=O) groups excluding carboxylic acids is 4. The smallest absolute Gasteiger partial charge is 0.251 e. The van der Waals surface area contributed by atoms with E-state index < -0.39 is 11.9 Å². The van der Waals surface area contributed by atoms with Crippen molar-refractivity contribution in [3.05, 3.63) is 47.5 Å². The molecule has 2 aliphatic rings. The van der Waals surface area contributed by atoms with Gasteiger partial charge in [-0.25, -0.2) is 0 Å². The minimum atomic E-state index is -0.834. The predicted octanol–water partition coefficient (Wildman–Crippen LogP) is 2.75. The van der Waals surface area contributed by atoms with Gasteiger partial charge in [0.15, 0.2) is 11.5 Å². The Bertz CT molecular complexity index is 1360. The summed E-state index contributed by atoms with van der Waals surface area (Å²) in [5, 5.41) is 12.0. The molecule has 0 aliphatic carbocycles. The average molecular weight is 624 g/mol. The molecule has 4 N–H and O–H groups in total. The molecule has 4 rings (SSSR count). The Kier molecular flexibility index (Phi) is 12.0. The monoisotopic (exact) mass is 623 g/mol. The highest BCUT2D eigenvalue weighted by Crippen LogP contribution is 2.37. The van der Waals surface area contributed by atoms with Crippen LogP contribution in [0, 0.1) is 5.92 Å². The molecule has 1 fully saturated rings. The quantitative estimate of drug-likeness (QED) is 0.407. The van der Waals surface area contributed by atoms with Crippen molar-refractivity contribution in [3.63, 3.8) is 0 Å². The fourth-order valence-electron chi connectivity index (χ4n) is 5.52. The normalized spacial score (nSPS) is 20.6. The van der Waals surface area contributed by atoms with Crippen LogP contribution >= 0.6 is 0 Å². The summed E-state index contributed by atoms with van der Waals surface area (Å²) in [6.45, 7) is 5.05. The van der Waals surface area contributed by atoms with Crippen molar-refractivity contribution in [2.75, 3.05) is 40.4 Å². The molecule has 4 amide bonds. The van der Waals surface area contributed by atoms with Gasteiger partial charge >= 0.3 is 0 Å². The first-order valence-electron chi connectivity index (χ1n) is 15.6. The number of carbonyl (C=O) groups is 4. The second-order valence-electron chi connectivity index (χ2n) is 11.6. The molecule has 45 heavy (non-hydrogen) atoms. The van der Waals surface area contributed by atoms with Crippen LogP contribution in [0.15, 0.2) is 36.4 Å². The van der Waals surface area contributed by atoms with Crippen LogP contribution in [0.2, 0.25) is 0 Å². The van der Waals surface area contributed by atoms with Crippen molar-refractivity contribution < 1.29 is 33.4 Å². The summed E-state index contributed by atoms with van der Waals surface area (Å²) in [4.78, 5) is 54.8. The van der Waals surface area contributed by atoms with Crippen LogP contribution in [-0.4, -0.2) is 81.0 Å². The zero-order valence-electron chi connectivity index (χ0n) is 26.6. The molecule has 0 saturated carbocycles. The molecule has 12 nitrogen and oxygen atoms in total. The Labute approximate surface area is 264 Å². The Morgan fingerprint density at radius 1 is 0.933 bits per heavy atom. The molecule has 2 atom stereocenters. The van der Waals surface area contributed by atoms with Crippen LogP contribution in [0.4, 0.5) is 0 Å². The van der Waals surface area contributed by atoms with Crippen LogP contribution in [0.5, 0.6) is 23.0 Å². The SMILES string of the molecule is COc1ccc2cc1Oc1cccc(OC)c1CNC(=O)C(C(C)C)NC(=O)CN(C(=O)[C@@H]1CCCCN1)CCCCNC2=O. The maximum atomic E-state index is 13.5. The largest absolute Gasteiger partial charge is 0.496 e. The molecule has 0 spiro atoms. The second kappa shape index (κ2) is 16.1. The maximum Gasteiger partial charge on any atom is 0.251 e. The van der Waals surface area contributed by atoms with Crippen LogP contribution in [0.25, 0.3) is 0 Å². The number of hydrogen-bond acceptors (Lipinski definition) is 8. The molecule has 12 heteroatoms. The number of methoxy groups -OCH3 is 2. The number of benzene rings is 2. The highest BCUT2D eigenvalue weighted by atomic mass is 16.5. The van der Waals surface area contributed by atoms with E-state index in [2.05, 4.69) is 21.3 Å². The van der Waals surface area contributed by atoms with Gasteiger partial charge in [-0.1, -0.05) is 26.3 Å². The first-order valence-corrected chi connectivity index (χ1v) is 15.6. The van der Waals surface area contributed by atoms with Crippen molar-refractivity contribution in [2.24, 2.45) is 5.92 Å². The Morgan fingerprint density at radius 2 is 1.71 bits per heavy atom. The molecule has 2 aliphatic heterocycles. The summed E-state index contributed by atoms with van der Waals surface area (Å²) in [6.07, 6.45) is 3.83. The fourth-order valence-corrected chi connectivity index (χ4v) is 5.52. The molecular weight excluding hydrogens is 578 g/mol. The van der Waals surface area contributed by atoms with E-state index in [9.17, 15) is 19.2 Å². The first kappa shape index (κ1) is 33.6. The Balaban J connectivity index is 1.64. The van der Waals surface area contributed by atoms with Gasteiger partial charge in [-0.3, -0.25) is 19.2 Å². The minimum absolute atomic E-state index is 0.0394. The molecule has 2 aromatic carbocycles. The number of rotatable bonds is 4. The highest BCUT2D eigenvalue weighted by molar-refractivity contribution is 5.95. The second-order valence-corrected chi connectivity index (χ2v) is 11.6. The maximum absolute atomic E-state index is 13.5. The molecule has 1 saturated heterocycles. The third-order valence-corrected chi connectivity index (χ3v) is 8.06. The van der Waals surface area contributed by atoms with Crippen LogP contribution in [0.3, 0.4) is 0 Å². The van der Waals surface area contributed by atoms with E-state index in [1.807, 2.05) is 13.8 Å². The summed E-state index contributed by atoms with van der Waals surface area (Å²) in [6, 6.07) is 8.99. The topological polar surface area (TPSA) is 147 Å². The first-order chi connectivity index (χ1) is 21.7. The van der Waals surface area contributed by atoms with Gasteiger partial charge in [-0.05, 0) is 68.5 Å². The average Bonchev–Trinajstić information content (AvgIpc) is 3.05. The number of fused-ring (bicyclic) bond motifs is 3. The Morgan fingerprint density at radius 3 is 2.42 bits per heavy atom. The number of piperidine rings is 1. The molecule has 2 bridgehead atoms. The molecule has 0 aromatic heterocycles. The number of nitrogens with one attached hydrogen (secondary N) is 4. The predicted molar refractivity (Wildman–Crippen MR) is 168 cm³/mol. The Hall–Kier alpha value is -4.32. The van der Waals surface area contributed by atoms with Gasteiger partial charge in [-0.15, -0.1) is 0 Å². The fraction of sp³-hybridized carbons (Fsp3) is 0.515. The van der Waals surface area contributed by atoms with Crippen molar-refractivity contribution in [1.82, 2.24) is 26.2 Å². The van der Waals surface area contributed by atoms with Crippen molar-refractivity contribution in [3.8, 4) is 23.0 Å². The van der Waals surface area contributed by atoms with E-state index in [1.54, 1.807) is 41.3 Å². The van der Waals surface area contributed by atoms with Crippen LogP contribution in [0.1, 0.15) is 61.9 Å². The van der Waals surface area contributed by atoms with E-state index in [4.69, 9.17) is 14.2 Å². The van der Waals surface area contributed by atoms with Gasteiger partial charge in [-0.2, -0.15) is 0 Å². The number of nitrogens with zero attached hydrogens (tertiary/aromatic N) is 1. The number of hydrogen-bond donors (Lipinski definition) is 4. The zero-order chi connectivity index (χ0) is 32.3. The van der Waals surface area contributed by atoms with E-state index in [0.29, 0.717) is 66.5 Å². The molecule has 2 heterocycles. The highest BCUT2D eigenvalue weighted by Gasteiger charge is 2.30. The lowest BCUT2D eigenvalue weighted by molar-refractivity contribution is -0.139. The van der Waals surface area contributed by atoms with Gasteiger partial charge < -0.3 is 40.4 Å². The number of ether oxygens (including phenoxy) is 3.